The van der Waals surface area contributed by atoms with E-state index < -0.39 is 0 Å². The minimum absolute atomic E-state index is 0.148. The van der Waals surface area contributed by atoms with Crippen molar-refractivity contribution in [3.63, 3.8) is 0 Å². The van der Waals surface area contributed by atoms with E-state index in [2.05, 4.69) is 23.6 Å². The van der Waals surface area contributed by atoms with Crippen LogP contribution in [0.25, 0.3) is 0 Å². The Morgan fingerprint density at radius 1 is 1.28 bits per heavy atom. The van der Waals surface area contributed by atoms with Crippen molar-refractivity contribution in [2.24, 2.45) is 0 Å². The van der Waals surface area contributed by atoms with E-state index in [0.717, 1.165) is 50.1 Å². The van der Waals surface area contributed by atoms with Gasteiger partial charge in [0.05, 0.1) is 18.8 Å². The number of benzene rings is 1. The summed E-state index contributed by atoms with van der Waals surface area (Å²) in [5.74, 6) is 0.148. The zero-order valence-corrected chi connectivity index (χ0v) is 15.6. The lowest BCUT2D eigenvalue weighted by Crippen LogP contribution is -2.50. The maximum Gasteiger partial charge on any atom is 0.254 e. The van der Waals surface area contributed by atoms with Gasteiger partial charge in [0, 0.05) is 44.9 Å². The molecule has 3 rings (SSSR count). The Hall–Kier alpha value is -1.43. The first kappa shape index (κ1) is 18.4. The molecule has 0 N–H and O–H groups in total. The maximum absolute atomic E-state index is 13.0. The van der Waals surface area contributed by atoms with Crippen LogP contribution in [0.2, 0.25) is 0 Å². The van der Waals surface area contributed by atoms with E-state index in [-0.39, 0.29) is 18.1 Å². The molecule has 2 saturated heterocycles. The summed E-state index contributed by atoms with van der Waals surface area (Å²) in [7, 11) is 1.68. The Balaban J connectivity index is 1.66. The van der Waals surface area contributed by atoms with Gasteiger partial charge in [-0.2, -0.15) is 0 Å². The average Bonchev–Trinajstić information content (AvgIpc) is 3.02. The van der Waals surface area contributed by atoms with Crippen molar-refractivity contribution in [1.82, 2.24) is 9.80 Å². The second-order valence-corrected chi connectivity index (χ2v) is 7.40. The zero-order valence-electron chi connectivity index (χ0n) is 15.6. The van der Waals surface area contributed by atoms with Gasteiger partial charge in [-0.3, -0.25) is 9.69 Å². The van der Waals surface area contributed by atoms with Crippen molar-refractivity contribution in [3.05, 3.63) is 35.4 Å². The Kier molecular flexibility index (Phi) is 6.10. The number of nitrogens with zero attached hydrogens (tertiary/aromatic N) is 2. The first-order valence-electron chi connectivity index (χ1n) is 9.33. The molecular weight excluding hydrogens is 316 g/mol. The van der Waals surface area contributed by atoms with Gasteiger partial charge < -0.3 is 14.4 Å². The fourth-order valence-corrected chi connectivity index (χ4v) is 4.15. The van der Waals surface area contributed by atoms with Crippen LogP contribution in [-0.4, -0.2) is 67.2 Å². The van der Waals surface area contributed by atoms with Gasteiger partial charge in [-0.25, -0.2) is 0 Å². The maximum atomic E-state index is 13.0. The number of carbonyl (C=O) groups is 1. The van der Waals surface area contributed by atoms with Crippen LogP contribution in [-0.2, 0) is 16.1 Å². The molecule has 0 spiro atoms. The van der Waals surface area contributed by atoms with E-state index in [1.54, 1.807) is 7.11 Å². The van der Waals surface area contributed by atoms with Crippen LogP contribution in [0.4, 0.5) is 0 Å². The molecule has 5 nitrogen and oxygen atoms in total. The highest BCUT2D eigenvalue weighted by Gasteiger charge is 2.32. The topological polar surface area (TPSA) is 42.0 Å². The van der Waals surface area contributed by atoms with Crippen molar-refractivity contribution in [2.45, 2.75) is 51.5 Å². The average molecular weight is 346 g/mol. The molecule has 1 aromatic rings. The van der Waals surface area contributed by atoms with E-state index in [0.29, 0.717) is 12.6 Å². The SMILES string of the molecule is COCc1cccc(C(=O)N2CCC[C@@H]2CN2C[C@H](C)O[C@@H](C)C2)c1. The summed E-state index contributed by atoms with van der Waals surface area (Å²) in [6.07, 6.45) is 2.70. The molecule has 5 heteroatoms. The third-order valence-electron chi connectivity index (χ3n) is 5.09. The molecule has 2 aliphatic rings. The van der Waals surface area contributed by atoms with Crippen molar-refractivity contribution in [2.75, 3.05) is 33.3 Å². The molecule has 0 radical (unpaired) electrons. The number of morpholine rings is 1. The highest BCUT2D eigenvalue weighted by molar-refractivity contribution is 5.94. The molecule has 2 aliphatic heterocycles. The molecule has 0 saturated carbocycles. The molecule has 0 aromatic heterocycles. The standard InChI is InChI=1S/C20H30N2O3/c1-15-11-21(12-16(2)25-15)13-19-8-5-9-22(19)20(23)18-7-4-6-17(10-18)14-24-3/h4,6-7,10,15-16,19H,5,8-9,11-14H2,1-3H3/t15-,16-,19+/m0/s1. The summed E-state index contributed by atoms with van der Waals surface area (Å²) < 4.78 is 11.0. The Bertz CT molecular complexity index is 582. The van der Waals surface area contributed by atoms with Crippen LogP contribution in [0.15, 0.2) is 24.3 Å². The normalized spacial score (nSPS) is 27.6. The van der Waals surface area contributed by atoms with Crippen molar-refractivity contribution >= 4 is 5.91 Å². The van der Waals surface area contributed by atoms with E-state index in [4.69, 9.17) is 9.47 Å². The molecule has 2 heterocycles. The predicted octanol–water partition coefficient (Wildman–Crippen LogP) is 2.55. The monoisotopic (exact) mass is 346 g/mol. The zero-order chi connectivity index (χ0) is 17.8. The number of methoxy groups -OCH3 is 1. The number of hydrogen-bond donors (Lipinski definition) is 0. The van der Waals surface area contributed by atoms with Gasteiger partial charge in [0.15, 0.2) is 0 Å². The first-order chi connectivity index (χ1) is 12.1. The molecule has 1 aromatic carbocycles. The van der Waals surface area contributed by atoms with E-state index >= 15 is 0 Å². The van der Waals surface area contributed by atoms with Crippen LogP contribution in [0, 0.1) is 0 Å². The lowest BCUT2D eigenvalue weighted by Gasteiger charge is -2.38. The predicted molar refractivity (Wildman–Crippen MR) is 97.7 cm³/mol. The highest BCUT2D eigenvalue weighted by Crippen LogP contribution is 2.23. The lowest BCUT2D eigenvalue weighted by molar-refractivity contribution is -0.0715. The molecule has 0 unspecified atom stereocenters. The number of hydrogen-bond acceptors (Lipinski definition) is 4. The van der Waals surface area contributed by atoms with Crippen LogP contribution in [0.5, 0.6) is 0 Å². The molecular formula is C20H30N2O3. The van der Waals surface area contributed by atoms with Crippen molar-refractivity contribution < 1.29 is 14.3 Å². The molecule has 25 heavy (non-hydrogen) atoms. The third-order valence-corrected chi connectivity index (χ3v) is 5.09. The number of rotatable bonds is 5. The third kappa shape index (κ3) is 4.60. The molecule has 3 atom stereocenters. The minimum atomic E-state index is 0.148. The molecule has 0 bridgehead atoms. The van der Waals surface area contributed by atoms with E-state index in [9.17, 15) is 4.79 Å². The van der Waals surface area contributed by atoms with Gasteiger partial charge in [-0.1, -0.05) is 12.1 Å². The quantitative estimate of drug-likeness (QED) is 0.822. The molecule has 1 amide bonds. The molecule has 138 valence electrons. The van der Waals surface area contributed by atoms with E-state index in [1.165, 1.54) is 0 Å². The summed E-state index contributed by atoms with van der Waals surface area (Å²) >= 11 is 0. The summed E-state index contributed by atoms with van der Waals surface area (Å²) in [5, 5.41) is 0. The second kappa shape index (κ2) is 8.30. The number of amides is 1. The smallest absolute Gasteiger partial charge is 0.254 e. The van der Waals surface area contributed by atoms with Crippen LogP contribution < -0.4 is 0 Å². The van der Waals surface area contributed by atoms with Gasteiger partial charge >= 0.3 is 0 Å². The summed E-state index contributed by atoms with van der Waals surface area (Å²) in [6, 6.07) is 8.11. The van der Waals surface area contributed by atoms with E-state index in [1.807, 2.05) is 24.3 Å². The van der Waals surface area contributed by atoms with Gasteiger partial charge in [-0.05, 0) is 44.4 Å². The number of ether oxygens (including phenoxy) is 2. The largest absolute Gasteiger partial charge is 0.380 e. The fraction of sp³-hybridized carbons (Fsp3) is 0.650. The summed E-state index contributed by atoms with van der Waals surface area (Å²) in [6.45, 7) is 8.49. The van der Waals surface area contributed by atoms with Crippen LogP contribution in [0.1, 0.15) is 42.6 Å². The van der Waals surface area contributed by atoms with Gasteiger partial charge in [0.1, 0.15) is 0 Å². The molecule has 2 fully saturated rings. The second-order valence-electron chi connectivity index (χ2n) is 7.40. The lowest BCUT2D eigenvalue weighted by atomic mass is 10.1. The fourth-order valence-electron chi connectivity index (χ4n) is 4.15. The van der Waals surface area contributed by atoms with Gasteiger partial charge in [0.25, 0.3) is 5.91 Å². The van der Waals surface area contributed by atoms with Crippen LogP contribution >= 0.6 is 0 Å². The first-order valence-corrected chi connectivity index (χ1v) is 9.33. The molecule has 0 aliphatic carbocycles. The van der Waals surface area contributed by atoms with Crippen molar-refractivity contribution in [1.29, 1.82) is 0 Å². The number of likely N-dealkylation sites (tertiary alicyclic amines) is 1. The Morgan fingerprint density at radius 3 is 2.76 bits per heavy atom. The number of carbonyl (C=O) groups excluding carboxylic acids is 1. The van der Waals surface area contributed by atoms with Gasteiger partial charge in [0.2, 0.25) is 0 Å². The summed E-state index contributed by atoms with van der Waals surface area (Å²) in [5.41, 5.74) is 1.81. The minimum Gasteiger partial charge on any atom is -0.380 e. The Morgan fingerprint density at radius 2 is 2.04 bits per heavy atom. The Labute approximate surface area is 150 Å². The van der Waals surface area contributed by atoms with Crippen molar-refractivity contribution in [3.8, 4) is 0 Å². The van der Waals surface area contributed by atoms with Gasteiger partial charge in [-0.15, -0.1) is 0 Å². The summed E-state index contributed by atoms with van der Waals surface area (Å²) in [4.78, 5) is 17.5. The van der Waals surface area contributed by atoms with Crippen LogP contribution in [0.3, 0.4) is 0 Å². The highest BCUT2D eigenvalue weighted by atomic mass is 16.5.